The highest BCUT2D eigenvalue weighted by molar-refractivity contribution is 6.41. The van der Waals surface area contributed by atoms with E-state index >= 15 is 0 Å². The van der Waals surface area contributed by atoms with Gasteiger partial charge in [-0.05, 0) is 51.2 Å². The number of nitrogens with one attached hydrogen (secondary N) is 1. The highest BCUT2D eigenvalue weighted by atomic mass is 35.5. The lowest BCUT2D eigenvalue weighted by molar-refractivity contribution is 0.0880. The Balaban J connectivity index is 1.80. The van der Waals surface area contributed by atoms with E-state index in [1.54, 1.807) is 24.3 Å². The average Bonchev–Trinajstić information content (AvgIpc) is 3.32. The summed E-state index contributed by atoms with van der Waals surface area (Å²) >= 11 is 13.1. The highest BCUT2D eigenvalue weighted by Gasteiger charge is 2.35. The van der Waals surface area contributed by atoms with Crippen molar-refractivity contribution in [1.82, 2.24) is 14.8 Å². The van der Waals surface area contributed by atoms with E-state index in [2.05, 4.69) is 21.7 Å². The average molecular weight is 554 g/mol. The smallest absolute Gasteiger partial charge is 0.259 e. The van der Waals surface area contributed by atoms with Gasteiger partial charge in [0.25, 0.3) is 11.8 Å². The van der Waals surface area contributed by atoms with Gasteiger partial charge in [0.2, 0.25) is 0 Å². The molecule has 2 amide bonds. The van der Waals surface area contributed by atoms with Crippen molar-refractivity contribution < 1.29 is 19.4 Å². The van der Waals surface area contributed by atoms with Crippen LogP contribution in [-0.4, -0.2) is 53.6 Å². The van der Waals surface area contributed by atoms with Crippen LogP contribution in [0.25, 0.3) is 32.9 Å². The van der Waals surface area contributed by atoms with Gasteiger partial charge in [-0.2, -0.15) is 0 Å². The minimum Gasteiger partial charge on any atom is -0.504 e. The maximum atomic E-state index is 13.2. The topological polar surface area (TPSA) is 83.8 Å². The number of aryl methyl sites for hydroxylation is 1. The van der Waals surface area contributed by atoms with Gasteiger partial charge < -0.3 is 19.3 Å². The molecule has 0 saturated carbocycles. The molecule has 0 atom stereocenters. The predicted octanol–water partition coefficient (Wildman–Crippen LogP) is 6.49. The monoisotopic (exact) mass is 553 g/mol. The van der Waals surface area contributed by atoms with Crippen molar-refractivity contribution in [2.75, 3.05) is 27.2 Å². The molecule has 38 heavy (non-hydrogen) atoms. The number of amides is 2. The molecule has 0 radical (unpaired) electrons. The van der Waals surface area contributed by atoms with Crippen molar-refractivity contribution in [3.05, 3.63) is 57.6 Å². The normalized spacial score (nSPS) is 13.1. The first-order valence-corrected chi connectivity index (χ1v) is 13.4. The Morgan fingerprint density at radius 3 is 2.37 bits per heavy atom. The Hall–Kier alpha value is -3.26. The van der Waals surface area contributed by atoms with Gasteiger partial charge in [0.05, 0.1) is 28.8 Å². The van der Waals surface area contributed by atoms with Crippen molar-refractivity contribution in [1.29, 1.82) is 0 Å². The molecule has 1 aromatic heterocycles. The van der Waals surface area contributed by atoms with E-state index in [4.69, 9.17) is 27.9 Å². The van der Waals surface area contributed by atoms with Crippen molar-refractivity contribution in [2.24, 2.45) is 0 Å². The Labute approximate surface area is 230 Å². The number of unbranched alkanes of at least 4 members (excludes halogenated alkanes) is 1. The molecule has 0 saturated heterocycles. The number of nitrogens with zero attached hydrogens (tertiary/aromatic N) is 2. The van der Waals surface area contributed by atoms with E-state index < -0.39 is 11.8 Å². The molecular formula is C29H29Cl2N3O4. The van der Waals surface area contributed by atoms with Gasteiger partial charge in [0.1, 0.15) is 0 Å². The van der Waals surface area contributed by atoms with E-state index in [0.29, 0.717) is 50.8 Å². The number of phenols is 1. The summed E-state index contributed by atoms with van der Waals surface area (Å²) < 4.78 is 8.06. The van der Waals surface area contributed by atoms with Gasteiger partial charge in [-0.1, -0.05) is 42.6 Å². The maximum Gasteiger partial charge on any atom is 0.259 e. The van der Waals surface area contributed by atoms with Gasteiger partial charge >= 0.3 is 0 Å². The second-order valence-electron chi connectivity index (χ2n) is 9.80. The lowest BCUT2D eigenvalue weighted by atomic mass is 9.92. The Kier molecular flexibility index (Phi) is 7.27. The molecule has 5 rings (SSSR count). The van der Waals surface area contributed by atoms with Crippen LogP contribution in [0.1, 0.15) is 46.9 Å². The van der Waals surface area contributed by atoms with Crippen molar-refractivity contribution in [3.63, 3.8) is 0 Å². The third-order valence-corrected chi connectivity index (χ3v) is 7.52. The second-order valence-corrected chi connectivity index (χ2v) is 10.6. The molecule has 198 valence electrons. The first-order valence-electron chi connectivity index (χ1n) is 12.7. The van der Waals surface area contributed by atoms with Crippen LogP contribution in [0.15, 0.2) is 36.4 Å². The third-order valence-electron chi connectivity index (χ3n) is 6.89. The number of benzene rings is 3. The van der Waals surface area contributed by atoms with Gasteiger partial charge in [0, 0.05) is 51.1 Å². The van der Waals surface area contributed by atoms with Crippen LogP contribution in [0.3, 0.4) is 0 Å². The van der Waals surface area contributed by atoms with Gasteiger partial charge in [-0.25, -0.2) is 0 Å². The van der Waals surface area contributed by atoms with Crippen LogP contribution in [-0.2, 0) is 6.54 Å². The zero-order valence-electron chi connectivity index (χ0n) is 21.5. The number of carbonyl (C=O) groups is 2. The number of hydrogen-bond acceptors (Lipinski definition) is 5. The fraction of sp³-hybridized carbons (Fsp3) is 0.310. The number of aromatic nitrogens is 1. The molecular weight excluding hydrogens is 525 g/mol. The molecule has 4 aromatic rings. The van der Waals surface area contributed by atoms with Gasteiger partial charge in [0.15, 0.2) is 11.5 Å². The number of ether oxygens (including phenoxy) is 1. The summed E-state index contributed by atoms with van der Waals surface area (Å²) in [4.78, 5) is 28.3. The summed E-state index contributed by atoms with van der Waals surface area (Å²) in [5.74, 6) is -0.632. The molecule has 1 aliphatic heterocycles. The molecule has 9 heteroatoms. The first-order chi connectivity index (χ1) is 18.2. The minimum atomic E-state index is -0.502. The van der Waals surface area contributed by atoms with Crippen molar-refractivity contribution >= 4 is 56.8 Å². The third kappa shape index (κ3) is 4.49. The van der Waals surface area contributed by atoms with Crippen LogP contribution < -0.4 is 10.1 Å². The summed E-state index contributed by atoms with van der Waals surface area (Å²) in [5.41, 5.74) is 3.06. The fourth-order valence-corrected chi connectivity index (χ4v) is 5.75. The molecule has 0 aliphatic carbocycles. The molecule has 2 N–H and O–H groups in total. The predicted molar refractivity (Wildman–Crippen MR) is 152 cm³/mol. The van der Waals surface area contributed by atoms with E-state index in [1.165, 1.54) is 0 Å². The number of fused-ring (bicyclic) bond motifs is 5. The summed E-state index contributed by atoms with van der Waals surface area (Å²) in [6.07, 6.45) is 2.66. The lowest BCUT2D eigenvalue weighted by Crippen LogP contribution is -2.20. The standard InChI is InChI=1S/C29H29Cl2N3O4/c1-4-5-11-34-20-15-23(38-12-7-10-33(2)3)22(35)14-16(20)25-21(34)13-17(24-18(30)8-6-9-19(24)31)26-27(25)29(37)32-28(26)36/h6,8-9,13-15,35H,4-5,7,10-12H2,1-3H3,(H,32,36,37). The molecule has 0 fully saturated rings. The fourth-order valence-electron chi connectivity index (χ4n) is 5.14. The van der Waals surface area contributed by atoms with E-state index in [1.807, 2.05) is 26.2 Å². The summed E-state index contributed by atoms with van der Waals surface area (Å²) in [6.45, 7) is 4.10. The summed E-state index contributed by atoms with van der Waals surface area (Å²) in [7, 11) is 4.00. The SMILES string of the molecule is CCCCn1c2cc(OCCCN(C)C)c(O)cc2c2c3c(c(-c4c(Cl)cccc4Cl)cc21)C(=O)NC3=O. The van der Waals surface area contributed by atoms with Crippen LogP contribution >= 0.6 is 23.2 Å². The largest absolute Gasteiger partial charge is 0.504 e. The summed E-state index contributed by atoms with van der Waals surface area (Å²) in [6, 6.07) is 10.5. The molecule has 0 unspecified atom stereocenters. The van der Waals surface area contributed by atoms with Gasteiger partial charge in [-0.15, -0.1) is 0 Å². The number of rotatable bonds is 9. The number of hydrogen-bond donors (Lipinski definition) is 2. The van der Waals surface area contributed by atoms with Crippen LogP contribution in [0.5, 0.6) is 11.5 Å². The first kappa shape index (κ1) is 26.4. The van der Waals surface area contributed by atoms with E-state index in [9.17, 15) is 14.7 Å². The highest BCUT2D eigenvalue weighted by Crippen LogP contribution is 2.46. The van der Waals surface area contributed by atoms with Crippen LogP contribution in [0.2, 0.25) is 10.0 Å². The maximum absolute atomic E-state index is 13.2. The molecule has 1 aliphatic rings. The number of phenolic OH excluding ortho intramolecular Hbond substituents is 1. The van der Waals surface area contributed by atoms with Crippen molar-refractivity contribution in [3.8, 4) is 22.6 Å². The number of halogens is 2. The molecule has 0 spiro atoms. The number of carbonyl (C=O) groups excluding carboxylic acids is 2. The lowest BCUT2D eigenvalue weighted by Gasteiger charge is -2.13. The Bertz CT molecular complexity index is 1570. The van der Waals surface area contributed by atoms with Gasteiger partial charge in [-0.3, -0.25) is 14.9 Å². The zero-order chi connectivity index (χ0) is 27.1. The Morgan fingerprint density at radius 1 is 0.974 bits per heavy atom. The molecule has 2 heterocycles. The van der Waals surface area contributed by atoms with Crippen LogP contribution in [0.4, 0.5) is 0 Å². The zero-order valence-corrected chi connectivity index (χ0v) is 23.0. The molecule has 0 bridgehead atoms. The van der Waals surface area contributed by atoms with E-state index in [-0.39, 0.29) is 16.9 Å². The van der Waals surface area contributed by atoms with Crippen LogP contribution in [0, 0.1) is 0 Å². The number of aromatic hydroxyl groups is 1. The second kappa shape index (κ2) is 10.5. The summed E-state index contributed by atoms with van der Waals surface area (Å²) in [5, 5.41) is 15.4. The minimum absolute atomic E-state index is 0.0198. The number of imide groups is 1. The Morgan fingerprint density at radius 2 is 1.68 bits per heavy atom. The molecule has 7 nitrogen and oxygen atoms in total. The molecule has 3 aromatic carbocycles. The van der Waals surface area contributed by atoms with Crippen molar-refractivity contribution in [2.45, 2.75) is 32.7 Å². The van der Waals surface area contributed by atoms with E-state index in [0.717, 1.165) is 36.8 Å². The quantitative estimate of drug-likeness (QED) is 0.183.